The van der Waals surface area contributed by atoms with Crippen LogP contribution in [-0.2, 0) is 0 Å². The van der Waals surface area contributed by atoms with Gasteiger partial charge in [-0.2, -0.15) is 0 Å². The summed E-state index contributed by atoms with van der Waals surface area (Å²) in [5, 5.41) is 12.7. The Morgan fingerprint density at radius 2 is 1.79 bits per heavy atom. The van der Waals surface area contributed by atoms with Crippen LogP contribution in [0.25, 0.3) is 20.8 Å². The van der Waals surface area contributed by atoms with Crippen molar-refractivity contribution in [3.8, 4) is 10.6 Å². The molecule has 1 aromatic carbocycles. The SMILES string of the molecule is Cc1cc(=[N+](C)C)c(C(=O)[O-])c2sc3cc(N4CCN(C)CC4)cc(C)c3nc1-2. The Labute approximate surface area is 174 Å². The number of nitrogens with zero attached hydrogens (tertiary/aromatic N) is 4. The number of benzene rings is 2. The molecule has 152 valence electrons. The van der Waals surface area contributed by atoms with Gasteiger partial charge in [0.05, 0.1) is 32.3 Å². The van der Waals surface area contributed by atoms with Gasteiger partial charge in [0, 0.05) is 37.9 Å². The third kappa shape index (κ3) is 3.49. The van der Waals surface area contributed by atoms with Gasteiger partial charge in [0.15, 0.2) is 0 Å². The van der Waals surface area contributed by atoms with Gasteiger partial charge in [-0.05, 0) is 44.2 Å². The number of aromatic nitrogens is 1. The predicted molar refractivity (Wildman–Crippen MR) is 117 cm³/mol. The lowest BCUT2D eigenvalue weighted by atomic mass is 10.0. The van der Waals surface area contributed by atoms with Crippen LogP contribution in [0.15, 0.2) is 18.2 Å². The molecule has 0 saturated carbocycles. The third-order valence-electron chi connectivity index (χ3n) is 5.67. The predicted octanol–water partition coefficient (Wildman–Crippen LogP) is 1.17. The molecule has 1 saturated heterocycles. The van der Waals surface area contributed by atoms with E-state index >= 15 is 0 Å². The summed E-state index contributed by atoms with van der Waals surface area (Å²) < 4.78 is 2.82. The quantitative estimate of drug-likeness (QED) is 0.469. The number of fused-ring (bicyclic) bond motifs is 2. The summed E-state index contributed by atoms with van der Waals surface area (Å²) in [6.45, 7) is 8.11. The second-order valence-corrected chi connectivity index (χ2v) is 9.11. The number of carbonyl (C=O) groups excluding carboxylic acids is 1. The Hall–Kier alpha value is -2.51. The van der Waals surface area contributed by atoms with E-state index in [1.807, 2.05) is 31.7 Å². The molecule has 0 atom stereocenters. The summed E-state index contributed by atoms with van der Waals surface area (Å²) in [4.78, 5) is 22.3. The maximum absolute atomic E-state index is 12.0. The molecule has 4 rings (SSSR count). The average molecular weight is 411 g/mol. The number of piperazine rings is 1. The lowest BCUT2D eigenvalue weighted by Crippen LogP contribution is -2.44. The minimum absolute atomic E-state index is 0.220. The molecular formula is C22H26N4O2S. The van der Waals surface area contributed by atoms with Crippen molar-refractivity contribution in [2.75, 3.05) is 52.2 Å². The highest BCUT2D eigenvalue weighted by atomic mass is 32.1. The van der Waals surface area contributed by atoms with Gasteiger partial charge in [0.2, 0.25) is 5.36 Å². The zero-order chi connectivity index (χ0) is 20.9. The smallest absolute Gasteiger partial charge is 0.210 e. The van der Waals surface area contributed by atoms with Crippen LogP contribution in [0.4, 0.5) is 5.69 Å². The Bertz CT molecular complexity index is 1160. The van der Waals surface area contributed by atoms with Gasteiger partial charge in [-0.25, -0.2) is 9.56 Å². The van der Waals surface area contributed by atoms with Crippen LogP contribution in [0.3, 0.4) is 0 Å². The summed E-state index contributed by atoms with van der Waals surface area (Å²) in [6, 6.07) is 6.23. The normalized spacial score (nSPS) is 15.3. The van der Waals surface area contributed by atoms with Crippen molar-refractivity contribution in [3.63, 3.8) is 0 Å². The fourth-order valence-corrected chi connectivity index (χ4v) is 5.26. The minimum Gasteiger partial charge on any atom is -0.544 e. The maximum atomic E-state index is 12.0. The van der Waals surface area contributed by atoms with E-state index in [4.69, 9.17) is 4.98 Å². The van der Waals surface area contributed by atoms with E-state index in [1.165, 1.54) is 17.0 Å². The van der Waals surface area contributed by atoms with Crippen LogP contribution >= 0.6 is 11.3 Å². The maximum Gasteiger partial charge on any atom is 0.210 e. The third-order valence-corrected chi connectivity index (χ3v) is 6.80. The van der Waals surface area contributed by atoms with E-state index in [9.17, 15) is 9.90 Å². The van der Waals surface area contributed by atoms with Crippen molar-refractivity contribution >= 4 is 33.2 Å². The van der Waals surface area contributed by atoms with Gasteiger partial charge < -0.3 is 19.7 Å². The van der Waals surface area contributed by atoms with Crippen molar-refractivity contribution in [1.82, 2.24) is 14.5 Å². The first-order chi connectivity index (χ1) is 13.8. The molecule has 0 spiro atoms. The van der Waals surface area contributed by atoms with Crippen molar-refractivity contribution in [2.45, 2.75) is 13.8 Å². The first-order valence-electron chi connectivity index (χ1n) is 9.80. The van der Waals surface area contributed by atoms with Crippen molar-refractivity contribution in [2.24, 2.45) is 0 Å². The van der Waals surface area contributed by atoms with Gasteiger partial charge in [0.1, 0.15) is 14.1 Å². The Morgan fingerprint density at radius 1 is 1.10 bits per heavy atom. The van der Waals surface area contributed by atoms with Crippen LogP contribution in [0, 0.1) is 13.8 Å². The first kappa shape index (κ1) is 19.8. The van der Waals surface area contributed by atoms with Crippen LogP contribution in [0.5, 0.6) is 0 Å². The van der Waals surface area contributed by atoms with Gasteiger partial charge in [-0.3, -0.25) is 0 Å². The monoisotopic (exact) mass is 410 g/mol. The zero-order valence-corrected chi connectivity index (χ0v) is 18.4. The molecule has 0 amide bonds. The zero-order valence-electron chi connectivity index (χ0n) is 17.6. The number of carbonyl (C=O) groups is 1. The number of anilines is 1. The summed E-state index contributed by atoms with van der Waals surface area (Å²) in [5.41, 5.74) is 5.15. The second-order valence-electron chi connectivity index (χ2n) is 8.06. The van der Waals surface area contributed by atoms with E-state index in [2.05, 4.69) is 35.9 Å². The standard InChI is InChI=1S/C22H26N4O2S/c1-13-10-15(26-8-6-25(5)7-9-26)12-17-19(13)23-20-14(2)11-16(24(3)4)18(22(27)28)21(20)29-17/h10-12H,6-9H2,1-5H3. The fraction of sp³-hybridized carbons (Fsp3) is 0.409. The van der Waals surface area contributed by atoms with Crippen molar-refractivity contribution in [1.29, 1.82) is 0 Å². The van der Waals surface area contributed by atoms with Gasteiger partial charge in [-0.15, -0.1) is 11.3 Å². The molecule has 6 nitrogen and oxygen atoms in total. The number of carboxylic acids is 1. The highest BCUT2D eigenvalue weighted by molar-refractivity contribution is 7.21. The lowest BCUT2D eigenvalue weighted by Gasteiger charge is -2.34. The molecule has 2 aliphatic heterocycles. The Morgan fingerprint density at radius 3 is 2.41 bits per heavy atom. The van der Waals surface area contributed by atoms with Crippen LogP contribution < -0.4 is 19.9 Å². The molecule has 1 aliphatic carbocycles. The highest BCUT2D eigenvalue weighted by Crippen LogP contribution is 2.37. The van der Waals surface area contributed by atoms with Crippen LogP contribution in [0.2, 0.25) is 0 Å². The average Bonchev–Trinajstić information content (AvgIpc) is 2.66. The molecule has 1 aromatic rings. The molecule has 0 N–H and O–H groups in total. The number of carboxylic acid groups (broad SMARTS) is 1. The van der Waals surface area contributed by atoms with Gasteiger partial charge >= 0.3 is 0 Å². The van der Waals surface area contributed by atoms with Crippen molar-refractivity contribution < 1.29 is 9.90 Å². The number of rotatable bonds is 2. The summed E-state index contributed by atoms with van der Waals surface area (Å²) in [5.74, 6) is -1.16. The number of aromatic carboxylic acids is 1. The van der Waals surface area contributed by atoms with E-state index in [-0.39, 0.29) is 5.56 Å². The molecule has 29 heavy (non-hydrogen) atoms. The number of likely N-dealkylation sites (N-methyl/N-ethyl adjacent to an activating group) is 1. The molecule has 3 aliphatic rings. The molecule has 0 aromatic heterocycles. The molecule has 7 heteroatoms. The van der Waals surface area contributed by atoms with E-state index in [1.54, 1.807) is 0 Å². The largest absolute Gasteiger partial charge is 0.544 e. The van der Waals surface area contributed by atoms with E-state index in [0.29, 0.717) is 10.2 Å². The topological polar surface area (TPSA) is 62.5 Å². The molecular weight excluding hydrogens is 384 g/mol. The molecule has 0 radical (unpaired) electrons. The summed E-state index contributed by atoms with van der Waals surface area (Å²) >= 11 is 1.50. The number of hydrogen-bond donors (Lipinski definition) is 0. The van der Waals surface area contributed by atoms with Crippen molar-refractivity contribution in [3.05, 3.63) is 40.2 Å². The number of aryl methyl sites for hydroxylation is 2. The molecule has 2 heterocycles. The van der Waals surface area contributed by atoms with E-state index < -0.39 is 5.97 Å². The lowest BCUT2D eigenvalue weighted by molar-refractivity contribution is -0.255. The minimum atomic E-state index is -1.16. The van der Waals surface area contributed by atoms with E-state index in [0.717, 1.165) is 53.2 Å². The highest BCUT2D eigenvalue weighted by Gasteiger charge is 2.22. The first-order valence-corrected chi connectivity index (χ1v) is 10.6. The summed E-state index contributed by atoms with van der Waals surface area (Å²) in [6.07, 6.45) is 0. The number of hydrogen-bond acceptors (Lipinski definition) is 6. The Balaban J connectivity index is 1.99. The van der Waals surface area contributed by atoms with Gasteiger partial charge in [-0.1, -0.05) is 0 Å². The fourth-order valence-electron chi connectivity index (χ4n) is 3.97. The molecule has 0 unspecified atom stereocenters. The van der Waals surface area contributed by atoms with Crippen LogP contribution in [-0.4, -0.2) is 63.2 Å². The molecule has 0 bridgehead atoms. The second kappa shape index (κ2) is 7.39. The van der Waals surface area contributed by atoms with Crippen LogP contribution in [0.1, 0.15) is 21.5 Å². The Kier molecular flexibility index (Phi) is 5.04. The van der Waals surface area contributed by atoms with Gasteiger partial charge in [0.25, 0.3) is 0 Å². The molecule has 1 fully saturated rings. The summed E-state index contributed by atoms with van der Waals surface area (Å²) in [7, 11) is 5.84.